The van der Waals surface area contributed by atoms with E-state index < -0.39 is 0 Å². The lowest BCUT2D eigenvalue weighted by Crippen LogP contribution is -2.22. The Labute approximate surface area is 81.6 Å². The molecule has 2 heterocycles. The minimum absolute atomic E-state index is 0.0574. The number of aromatic nitrogens is 2. The van der Waals surface area contributed by atoms with Crippen molar-refractivity contribution in [3.05, 3.63) is 36.3 Å². The Bertz CT molecular complexity index is 461. The van der Waals surface area contributed by atoms with Gasteiger partial charge in [0.05, 0.1) is 0 Å². The molecule has 0 aliphatic carbocycles. The standard InChI is InChI=1S/C10H11N3O/c1-2-11-10(14)8-3-5-13-6-4-12-9(13)7-8/h3-7H,2H2,1H3,(H,11,14). The van der Waals surface area contributed by atoms with Gasteiger partial charge in [-0.25, -0.2) is 4.98 Å². The van der Waals surface area contributed by atoms with Crippen molar-refractivity contribution in [1.82, 2.24) is 14.7 Å². The first-order chi connectivity index (χ1) is 6.81. The number of nitrogens with one attached hydrogen (secondary N) is 1. The Morgan fingerprint density at radius 1 is 1.57 bits per heavy atom. The number of nitrogens with zero attached hydrogens (tertiary/aromatic N) is 2. The minimum Gasteiger partial charge on any atom is -0.352 e. The highest BCUT2D eigenvalue weighted by atomic mass is 16.1. The fraction of sp³-hybridized carbons (Fsp3) is 0.200. The fourth-order valence-corrected chi connectivity index (χ4v) is 1.31. The molecule has 0 saturated heterocycles. The monoisotopic (exact) mass is 189 g/mol. The van der Waals surface area contributed by atoms with Crippen LogP contribution in [-0.2, 0) is 0 Å². The molecule has 0 aromatic carbocycles. The van der Waals surface area contributed by atoms with Crippen LogP contribution in [0.1, 0.15) is 17.3 Å². The van der Waals surface area contributed by atoms with Gasteiger partial charge in [-0.3, -0.25) is 4.79 Å². The number of hydrogen-bond acceptors (Lipinski definition) is 2. The number of pyridine rings is 1. The van der Waals surface area contributed by atoms with Gasteiger partial charge in [-0.15, -0.1) is 0 Å². The molecule has 2 rings (SSSR count). The summed E-state index contributed by atoms with van der Waals surface area (Å²) >= 11 is 0. The van der Waals surface area contributed by atoms with E-state index in [-0.39, 0.29) is 5.91 Å². The fourth-order valence-electron chi connectivity index (χ4n) is 1.31. The molecule has 0 unspecified atom stereocenters. The van der Waals surface area contributed by atoms with Crippen molar-refractivity contribution in [2.75, 3.05) is 6.54 Å². The van der Waals surface area contributed by atoms with Crippen molar-refractivity contribution in [1.29, 1.82) is 0 Å². The lowest BCUT2D eigenvalue weighted by Gasteiger charge is -2.01. The summed E-state index contributed by atoms with van der Waals surface area (Å²) in [5, 5.41) is 2.74. The highest BCUT2D eigenvalue weighted by Gasteiger charge is 2.04. The molecule has 72 valence electrons. The van der Waals surface area contributed by atoms with Crippen LogP contribution >= 0.6 is 0 Å². The smallest absolute Gasteiger partial charge is 0.251 e. The Hall–Kier alpha value is -1.84. The third kappa shape index (κ3) is 1.46. The molecule has 0 aliphatic heterocycles. The largest absolute Gasteiger partial charge is 0.352 e. The van der Waals surface area contributed by atoms with Gasteiger partial charge in [0.15, 0.2) is 0 Å². The molecule has 0 aliphatic rings. The highest BCUT2D eigenvalue weighted by molar-refractivity contribution is 5.94. The van der Waals surface area contributed by atoms with Crippen LogP contribution in [0.15, 0.2) is 30.7 Å². The Balaban J connectivity index is 2.38. The molecule has 0 fully saturated rings. The molecule has 0 atom stereocenters. The van der Waals surface area contributed by atoms with Crippen LogP contribution in [-0.4, -0.2) is 21.8 Å². The van der Waals surface area contributed by atoms with Gasteiger partial charge in [0.2, 0.25) is 0 Å². The number of fused-ring (bicyclic) bond motifs is 1. The van der Waals surface area contributed by atoms with Crippen molar-refractivity contribution in [2.45, 2.75) is 6.92 Å². The average molecular weight is 189 g/mol. The molecule has 0 bridgehead atoms. The third-order valence-electron chi connectivity index (χ3n) is 2.00. The second-order valence-corrected chi connectivity index (χ2v) is 2.97. The van der Waals surface area contributed by atoms with Crippen LogP contribution < -0.4 is 5.32 Å². The van der Waals surface area contributed by atoms with Gasteiger partial charge < -0.3 is 9.72 Å². The molecule has 14 heavy (non-hydrogen) atoms. The number of rotatable bonds is 2. The molecule has 1 amide bonds. The minimum atomic E-state index is -0.0574. The number of amides is 1. The van der Waals surface area contributed by atoms with Crippen LogP contribution in [0.2, 0.25) is 0 Å². The maximum Gasteiger partial charge on any atom is 0.251 e. The van der Waals surface area contributed by atoms with E-state index in [1.54, 1.807) is 18.3 Å². The average Bonchev–Trinajstić information content (AvgIpc) is 2.64. The Kier molecular flexibility index (Phi) is 2.18. The molecule has 4 heteroatoms. The summed E-state index contributed by atoms with van der Waals surface area (Å²) < 4.78 is 1.86. The van der Waals surface area contributed by atoms with E-state index in [1.807, 2.05) is 23.7 Å². The van der Waals surface area contributed by atoms with Gasteiger partial charge in [0.25, 0.3) is 5.91 Å². The maximum absolute atomic E-state index is 11.5. The SMILES string of the molecule is CCNC(=O)c1ccn2ccnc2c1. The van der Waals surface area contributed by atoms with Gasteiger partial charge in [-0.1, -0.05) is 0 Å². The summed E-state index contributed by atoms with van der Waals surface area (Å²) in [4.78, 5) is 15.6. The van der Waals surface area contributed by atoms with E-state index in [0.717, 1.165) is 5.65 Å². The second kappa shape index (κ2) is 3.49. The van der Waals surface area contributed by atoms with Gasteiger partial charge in [0, 0.05) is 30.7 Å². The zero-order valence-corrected chi connectivity index (χ0v) is 7.90. The molecule has 4 nitrogen and oxygen atoms in total. The molecule has 1 N–H and O–H groups in total. The van der Waals surface area contributed by atoms with Crippen LogP contribution in [0.5, 0.6) is 0 Å². The molecule has 0 spiro atoms. The van der Waals surface area contributed by atoms with Gasteiger partial charge in [0.1, 0.15) is 5.65 Å². The number of imidazole rings is 1. The topological polar surface area (TPSA) is 46.4 Å². The number of carbonyl (C=O) groups is 1. The zero-order valence-electron chi connectivity index (χ0n) is 7.90. The van der Waals surface area contributed by atoms with E-state index in [2.05, 4.69) is 10.3 Å². The predicted octanol–water partition coefficient (Wildman–Crippen LogP) is 1.08. The number of hydrogen-bond donors (Lipinski definition) is 1. The third-order valence-corrected chi connectivity index (χ3v) is 2.00. The van der Waals surface area contributed by atoms with Crippen molar-refractivity contribution in [2.24, 2.45) is 0 Å². The van der Waals surface area contributed by atoms with Crippen LogP contribution in [0.25, 0.3) is 5.65 Å². The summed E-state index contributed by atoms with van der Waals surface area (Å²) in [5.74, 6) is -0.0574. The maximum atomic E-state index is 11.5. The zero-order chi connectivity index (χ0) is 9.97. The summed E-state index contributed by atoms with van der Waals surface area (Å²) in [7, 11) is 0. The normalized spacial score (nSPS) is 10.4. The Morgan fingerprint density at radius 3 is 3.21 bits per heavy atom. The van der Waals surface area contributed by atoms with E-state index in [4.69, 9.17) is 0 Å². The van der Waals surface area contributed by atoms with E-state index >= 15 is 0 Å². The summed E-state index contributed by atoms with van der Waals surface area (Å²) in [6, 6.07) is 3.55. The lowest BCUT2D eigenvalue weighted by molar-refractivity contribution is 0.0956. The van der Waals surface area contributed by atoms with Crippen LogP contribution in [0, 0.1) is 0 Å². The molecular weight excluding hydrogens is 178 g/mol. The van der Waals surface area contributed by atoms with Gasteiger partial charge in [-0.05, 0) is 19.1 Å². The molecule has 2 aromatic rings. The molecule has 0 saturated carbocycles. The molecular formula is C10H11N3O. The first kappa shape index (κ1) is 8.74. The predicted molar refractivity (Wildman–Crippen MR) is 53.2 cm³/mol. The highest BCUT2D eigenvalue weighted by Crippen LogP contribution is 2.04. The van der Waals surface area contributed by atoms with Gasteiger partial charge in [-0.2, -0.15) is 0 Å². The van der Waals surface area contributed by atoms with Crippen molar-refractivity contribution in [3.63, 3.8) is 0 Å². The van der Waals surface area contributed by atoms with Gasteiger partial charge >= 0.3 is 0 Å². The first-order valence-electron chi connectivity index (χ1n) is 4.52. The quantitative estimate of drug-likeness (QED) is 0.768. The van der Waals surface area contributed by atoms with E-state index in [0.29, 0.717) is 12.1 Å². The molecule has 0 radical (unpaired) electrons. The summed E-state index contributed by atoms with van der Waals surface area (Å²) in [6.45, 7) is 2.53. The second-order valence-electron chi connectivity index (χ2n) is 2.97. The molecule has 2 aromatic heterocycles. The summed E-state index contributed by atoms with van der Waals surface area (Å²) in [5.41, 5.74) is 1.43. The summed E-state index contributed by atoms with van der Waals surface area (Å²) in [6.07, 6.45) is 5.38. The Morgan fingerprint density at radius 2 is 2.43 bits per heavy atom. The number of carbonyl (C=O) groups excluding carboxylic acids is 1. The van der Waals surface area contributed by atoms with Crippen molar-refractivity contribution < 1.29 is 4.79 Å². The van der Waals surface area contributed by atoms with E-state index in [1.165, 1.54) is 0 Å². The van der Waals surface area contributed by atoms with Crippen LogP contribution in [0.3, 0.4) is 0 Å². The first-order valence-corrected chi connectivity index (χ1v) is 4.52. The van der Waals surface area contributed by atoms with Crippen molar-refractivity contribution >= 4 is 11.6 Å². The van der Waals surface area contributed by atoms with Crippen molar-refractivity contribution in [3.8, 4) is 0 Å². The van der Waals surface area contributed by atoms with Crippen LogP contribution in [0.4, 0.5) is 0 Å². The van der Waals surface area contributed by atoms with E-state index in [9.17, 15) is 4.79 Å². The lowest BCUT2D eigenvalue weighted by atomic mass is 10.2.